The van der Waals surface area contributed by atoms with Crippen molar-refractivity contribution < 1.29 is 19.4 Å². The lowest BCUT2D eigenvalue weighted by Gasteiger charge is -2.31. The number of nitrogens with zero attached hydrogens (tertiary/aromatic N) is 2. The Hall–Kier alpha value is -3.20. The van der Waals surface area contributed by atoms with Gasteiger partial charge >= 0.3 is 0 Å². The highest BCUT2D eigenvalue weighted by atomic mass is 79.9. The van der Waals surface area contributed by atoms with Gasteiger partial charge in [-0.1, -0.05) is 58.4 Å². The summed E-state index contributed by atoms with van der Waals surface area (Å²) in [5.74, 6) is 0.964. The number of rotatable bonds is 13. The Bertz CT molecular complexity index is 1230. The molecule has 2 N–H and O–H groups in total. The Morgan fingerprint density at radius 3 is 2.44 bits per heavy atom. The minimum Gasteiger partial charge on any atom is -0.494 e. The van der Waals surface area contributed by atoms with Crippen molar-refractivity contribution in [1.82, 2.24) is 10.2 Å². The van der Waals surface area contributed by atoms with Gasteiger partial charge in [0.05, 0.1) is 6.61 Å². The minimum atomic E-state index is -1.20. The molecule has 7 nitrogen and oxygen atoms in total. The number of aliphatic hydroxyl groups is 1. The number of hydrogen-bond donors (Lipinski definition) is 2. The molecule has 4 rings (SSSR count). The van der Waals surface area contributed by atoms with Crippen LogP contribution in [0.2, 0.25) is 0 Å². The van der Waals surface area contributed by atoms with Crippen LogP contribution < -0.4 is 10.1 Å². The molecule has 1 aliphatic rings. The topological polar surface area (TPSA) is 83.4 Å². The van der Waals surface area contributed by atoms with Gasteiger partial charge in [0.15, 0.2) is 11.6 Å². The van der Waals surface area contributed by atoms with Crippen LogP contribution in [-0.2, 0) is 16.0 Å². The van der Waals surface area contributed by atoms with E-state index in [0.717, 1.165) is 34.1 Å². The van der Waals surface area contributed by atoms with Gasteiger partial charge in [-0.15, -0.1) is 0 Å². The average molecular weight is 595 g/mol. The predicted octanol–water partition coefficient (Wildman–Crippen LogP) is 4.78. The van der Waals surface area contributed by atoms with E-state index in [1.54, 1.807) is 0 Å². The van der Waals surface area contributed by atoms with Gasteiger partial charge < -0.3 is 24.8 Å². The number of amides is 1. The Labute approximate surface area is 239 Å². The van der Waals surface area contributed by atoms with Crippen LogP contribution in [0.5, 0.6) is 5.75 Å². The number of aliphatic imine (C=N–C) groups is 1. The van der Waals surface area contributed by atoms with Crippen molar-refractivity contribution in [3.8, 4) is 5.75 Å². The van der Waals surface area contributed by atoms with Gasteiger partial charge in [-0.3, -0.25) is 4.79 Å². The monoisotopic (exact) mass is 593 g/mol. The van der Waals surface area contributed by atoms with Gasteiger partial charge in [0.2, 0.25) is 5.90 Å². The maximum absolute atomic E-state index is 14.1. The van der Waals surface area contributed by atoms with Gasteiger partial charge in [0, 0.05) is 36.0 Å². The van der Waals surface area contributed by atoms with E-state index in [4.69, 9.17) is 19.6 Å². The van der Waals surface area contributed by atoms with E-state index in [-0.39, 0.29) is 12.5 Å². The molecule has 1 aliphatic heterocycles. The second kappa shape index (κ2) is 13.7. The molecule has 1 amide bonds. The van der Waals surface area contributed by atoms with E-state index in [1.807, 2.05) is 93.0 Å². The Kier molecular flexibility index (Phi) is 10.1. The molecule has 0 unspecified atom stereocenters. The normalized spacial score (nSPS) is 18.5. The third-order valence-electron chi connectivity index (χ3n) is 6.59. The summed E-state index contributed by atoms with van der Waals surface area (Å²) in [6, 6.07) is 25.3. The standard InChI is InChI=1S/C31H36BrN3O4/c1-35(2)19-6-18-33-30(37)31(22-23-8-4-3-5-9-23)28(24-10-14-26(32)15-11-24)39-29(34-31)25-12-16-27(17-13-25)38-21-7-20-36/h3-5,8-17,28,36H,6-7,18-22H2,1-2H3,(H,33,37)/t28-,31-/m1/s1. The molecule has 0 bridgehead atoms. The molecular weight excluding hydrogens is 558 g/mol. The summed E-state index contributed by atoms with van der Waals surface area (Å²) in [5, 5.41) is 12.2. The largest absolute Gasteiger partial charge is 0.494 e. The van der Waals surface area contributed by atoms with E-state index in [9.17, 15) is 4.79 Å². The predicted molar refractivity (Wildman–Crippen MR) is 157 cm³/mol. The maximum atomic E-state index is 14.1. The molecule has 39 heavy (non-hydrogen) atoms. The van der Waals surface area contributed by atoms with Crippen molar-refractivity contribution in [2.24, 2.45) is 4.99 Å². The molecule has 0 aromatic heterocycles. The molecule has 2 atom stereocenters. The van der Waals surface area contributed by atoms with Crippen molar-refractivity contribution in [2.45, 2.75) is 30.9 Å². The molecule has 8 heteroatoms. The molecular formula is C31H36BrN3O4. The first-order chi connectivity index (χ1) is 18.9. The van der Waals surface area contributed by atoms with Crippen LogP contribution >= 0.6 is 15.9 Å². The maximum Gasteiger partial charge on any atom is 0.252 e. The van der Waals surface area contributed by atoms with Crippen LogP contribution in [0, 0.1) is 0 Å². The fourth-order valence-corrected chi connectivity index (χ4v) is 4.84. The molecule has 3 aromatic rings. The summed E-state index contributed by atoms with van der Waals surface area (Å²) < 4.78 is 13.2. The van der Waals surface area contributed by atoms with Crippen LogP contribution in [0.15, 0.2) is 88.3 Å². The molecule has 3 aromatic carbocycles. The summed E-state index contributed by atoms with van der Waals surface area (Å²) in [7, 11) is 4.04. The lowest BCUT2D eigenvalue weighted by Crippen LogP contribution is -2.50. The summed E-state index contributed by atoms with van der Waals surface area (Å²) >= 11 is 3.52. The highest BCUT2D eigenvalue weighted by Crippen LogP contribution is 2.42. The molecule has 0 radical (unpaired) electrons. The Morgan fingerprint density at radius 1 is 1.05 bits per heavy atom. The van der Waals surface area contributed by atoms with Gasteiger partial charge in [0.25, 0.3) is 5.91 Å². The lowest BCUT2D eigenvalue weighted by molar-refractivity contribution is -0.128. The van der Waals surface area contributed by atoms with E-state index >= 15 is 0 Å². The average Bonchev–Trinajstić information content (AvgIpc) is 3.32. The third-order valence-corrected chi connectivity index (χ3v) is 7.12. The highest BCUT2D eigenvalue weighted by Gasteiger charge is 2.53. The summed E-state index contributed by atoms with van der Waals surface area (Å²) in [6.45, 7) is 1.94. The Balaban J connectivity index is 1.71. The van der Waals surface area contributed by atoms with Crippen molar-refractivity contribution in [3.05, 3.63) is 100 Å². The zero-order valence-electron chi connectivity index (χ0n) is 22.5. The Morgan fingerprint density at radius 2 is 1.77 bits per heavy atom. The quantitative estimate of drug-likeness (QED) is 0.279. The molecule has 0 saturated heterocycles. The van der Waals surface area contributed by atoms with Crippen molar-refractivity contribution in [2.75, 3.05) is 40.4 Å². The first-order valence-corrected chi connectivity index (χ1v) is 14.0. The van der Waals surface area contributed by atoms with Crippen LogP contribution in [0.4, 0.5) is 0 Å². The van der Waals surface area contributed by atoms with Crippen molar-refractivity contribution in [1.29, 1.82) is 0 Å². The van der Waals surface area contributed by atoms with Crippen LogP contribution in [0.1, 0.15) is 35.6 Å². The fraction of sp³-hybridized carbons (Fsp3) is 0.355. The second-order valence-corrected chi connectivity index (χ2v) is 10.8. The van der Waals surface area contributed by atoms with E-state index < -0.39 is 11.6 Å². The number of halogens is 1. The van der Waals surface area contributed by atoms with Crippen LogP contribution in [-0.4, -0.2) is 67.7 Å². The number of benzene rings is 3. The van der Waals surface area contributed by atoms with Gasteiger partial charge in [-0.2, -0.15) is 0 Å². The number of hydrogen-bond acceptors (Lipinski definition) is 6. The highest BCUT2D eigenvalue weighted by molar-refractivity contribution is 9.10. The summed E-state index contributed by atoms with van der Waals surface area (Å²) in [5.41, 5.74) is 1.45. The smallest absolute Gasteiger partial charge is 0.252 e. The van der Waals surface area contributed by atoms with E-state index in [1.165, 1.54) is 0 Å². The fourth-order valence-electron chi connectivity index (χ4n) is 4.58. The number of aliphatic hydroxyl groups excluding tert-OH is 1. The summed E-state index contributed by atoms with van der Waals surface area (Å²) in [6.07, 6.45) is 1.17. The first-order valence-electron chi connectivity index (χ1n) is 13.2. The second-order valence-electron chi connectivity index (χ2n) is 9.92. The summed E-state index contributed by atoms with van der Waals surface area (Å²) in [4.78, 5) is 21.3. The molecule has 0 aliphatic carbocycles. The lowest BCUT2D eigenvalue weighted by atomic mass is 9.82. The molecule has 1 heterocycles. The zero-order valence-corrected chi connectivity index (χ0v) is 24.1. The van der Waals surface area contributed by atoms with Gasteiger partial charge in [0.1, 0.15) is 5.75 Å². The molecule has 206 valence electrons. The molecule has 0 spiro atoms. The van der Waals surface area contributed by atoms with Gasteiger partial charge in [-0.25, -0.2) is 4.99 Å². The number of ether oxygens (including phenoxy) is 2. The number of carbonyl (C=O) groups excluding carboxylic acids is 1. The number of carbonyl (C=O) groups is 1. The van der Waals surface area contributed by atoms with Crippen molar-refractivity contribution >= 4 is 27.7 Å². The van der Waals surface area contributed by atoms with Gasteiger partial charge in [-0.05, 0) is 74.6 Å². The molecule has 0 saturated carbocycles. The minimum absolute atomic E-state index is 0.0842. The zero-order chi connectivity index (χ0) is 27.7. The SMILES string of the molecule is CN(C)CCCNC(=O)[C@]1(Cc2ccccc2)N=C(c2ccc(OCCCO)cc2)O[C@@H]1c1ccc(Br)cc1. The van der Waals surface area contributed by atoms with Crippen LogP contribution in [0.25, 0.3) is 0 Å². The van der Waals surface area contributed by atoms with E-state index in [0.29, 0.717) is 37.6 Å². The van der Waals surface area contributed by atoms with Crippen molar-refractivity contribution in [3.63, 3.8) is 0 Å². The first kappa shape index (κ1) is 28.8. The number of nitrogens with one attached hydrogen (secondary N) is 1. The van der Waals surface area contributed by atoms with E-state index in [2.05, 4.69) is 26.1 Å². The molecule has 0 fully saturated rings. The third kappa shape index (κ3) is 7.47. The van der Waals surface area contributed by atoms with Crippen LogP contribution in [0.3, 0.4) is 0 Å².